The molecule has 1 unspecified atom stereocenters. The highest BCUT2D eigenvalue weighted by Gasteiger charge is 2.18. The van der Waals surface area contributed by atoms with Crippen LogP contribution < -0.4 is 11.1 Å². The minimum absolute atomic E-state index is 0.0488. The van der Waals surface area contributed by atoms with Crippen molar-refractivity contribution < 1.29 is 9.90 Å². The van der Waals surface area contributed by atoms with E-state index in [-0.39, 0.29) is 18.0 Å². The van der Waals surface area contributed by atoms with Crippen molar-refractivity contribution in [3.63, 3.8) is 0 Å². The number of pyridine rings is 1. The molecule has 0 amide bonds. The highest BCUT2D eigenvalue weighted by molar-refractivity contribution is 5.86. The van der Waals surface area contributed by atoms with Gasteiger partial charge < -0.3 is 16.2 Å². The Balaban J connectivity index is 1.57. The van der Waals surface area contributed by atoms with Crippen molar-refractivity contribution in [3.8, 4) is 16.9 Å². The summed E-state index contributed by atoms with van der Waals surface area (Å²) in [4.78, 5) is 17.6. The van der Waals surface area contributed by atoms with Gasteiger partial charge in [-0.25, -0.2) is 0 Å². The van der Waals surface area contributed by atoms with Crippen LogP contribution in [0.15, 0.2) is 91.1 Å². The van der Waals surface area contributed by atoms with Gasteiger partial charge in [-0.3, -0.25) is 9.78 Å². The van der Waals surface area contributed by atoms with Crippen LogP contribution in [-0.4, -0.2) is 29.0 Å². The Bertz CT molecular complexity index is 1250. The number of phenols is 1. The lowest BCUT2D eigenvalue weighted by atomic mass is 9.94. The first-order valence-corrected chi connectivity index (χ1v) is 11.8. The van der Waals surface area contributed by atoms with Gasteiger partial charge in [0.25, 0.3) is 0 Å². The number of Topliss-reactive ketones (excluding diaryl/α,β-unsaturated/α-hetero) is 1. The minimum atomic E-state index is -0.655. The Morgan fingerprint density at radius 1 is 0.914 bits per heavy atom. The number of ketones is 1. The van der Waals surface area contributed by atoms with Crippen molar-refractivity contribution in [1.29, 1.82) is 0 Å². The van der Waals surface area contributed by atoms with E-state index >= 15 is 0 Å². The lowest BCUT2D eigenvalue weighted by molar-refractivity contribution is -0.119. The van der Waals surface area contributed by atoms with Crippen LogP contribution in [-0.2, 0) is 30.6 Å². The predicted molar refractivity (Wildman–Crippen MR) is 140 cm³/mol. The molecule has 0 bridgehead atoms. The van der Waals surface area contributed by atoms with Gasteiger partial charge in [-0.05, 0) is 59.5 Å². The Kier molecular flexibility index (Phi) is 8.03. The van der Waals surface area contributed by atoms with Crippen LogP contribution in [0.2, 0.25) is 0 Å². The molecule has 1 atom stereocenters. The standard InChI is InChI=1S/C30H31N3O2/c1-32-19-23-7-11-24(12-8-23)26-17-25(15-21-5-3-2-4-6-21)29(33-20-26)18-28(31)30(35)16-22-9-13-27(34)14-10-22/h2-14,17,20,28,32,34H,15-16,18-19,31H2,1H3. The number of nitrogens with zero attached hydrogens (tertiary/aromatic N) is 1. The lowest BCUT2D eigenvalue weighted by Gasteiger charge is -2.15. The minimum Gasteiger partial charge on any atom is -0.508 e. The second kappa shape index (κ2) is 11.6. The average Bonchev–Trinajstić information content (AvgIpc) is 2.87. The Labute approximate surface area is 206 Å². The number of aromatic hydroxyl groups is 1. The van der Waals surface area contributed by atoms with Crippen LogP contribution in [0.5, 0.6) is 5.75 Å². The molecule has 0 aliphatic heterocycles. The summed E-state index contributed by atoms with van der Waals surface area (Å²) in [5.74, 6) is 0.129. The molecule has 0 spiro atoms. The van der Waals surface area contributed by atoms with Crippen molar-refractivity contribution in [2.75, 3.05) is 7.05 Å². The van der Waals surface area contributed by atoms with Crippen molar-refractivity contribution in [2.45, 2.75) is 31.8 Å². The van der Waals surface area contributed by atoms with Gasteiger partial charge in [0, 0.05) is 36.8 Å². The highest BCUT2D eigenvalue weighted by Crippen LogP contribution is 2.24. The smallest absolute Gasteiger partial charge is 0.154 e. The monoisotopic (exact) mass is 465 g/mol. The molecule has 1 aromatic heterocycles. The van der Waals surface area contributed by atoms with E-state index in [0.717, 1.165) is 34.5 Å². The second-order valence-corrected chi connectivity index (χ2v) is 8.84. The topological polar surface area (TPSA) is 88.2 Å². The number of carbonyl (C=O) groups is 1. The summed E-state index contributed by atoms with van der Waals surface area (Å²) in [5, 5.41) is 12.6. The quantitative estimate of drug-likeness (QED) is 0.322. The number of phenolic OH excluding ortho intramolecular Hbond substituents is 1. The zero-order chi connectivity index (χ0) is 24.6. The van der Waals surface area contributed by atoms with Gasteiger partial charge >= 0.3 is 0 Å². The Hall–Kier alpha value is -3.80. The van der Waals surface area contributed by atoms with Gasteiger partial charge in [0.2, 0.25) is 0 Å². The van der Waals surface area contributed by atoms with E-state index in [1.807, 2.05) is 31.4 Å². The SMILES string of the molecule is CNCc1ccc(-c2cnc(CC(N)C(=O)Cc3ccc(O)cc3)c(Cc3ccccc3)c2)cc1. The summed E-state index contributed by atoms with van der Waals surface area (Å²) in [6, 6.07) is 26.9. The maximum atomic E-state index is 12.8. The molecular formula is C30H31N3O2. The summed E-state index contributed by atoms with van der Waals surface area (Å²) in [6.45, 7) is 0.826. The third-order valence-electron chi connectivity index (χ3n) is 6.11. The number of aromatic nitrogens is 1. The van der Waals surface area contributed by atoms with E-state index in [0.29, 0.717) is 12.8 Å². The van der Waals surface area contributed by atoms with Crippen molar-refractivity contribution in [3.05, 3.63) is 119 Å². The lowest BCUT2D eigenvalue weighted by Crippen LogP contribution is -2.34. The van der Waals surface area contributed by atoms with Gasteiger partial charge in [-0.1, -0.05) is 66.7 Å². The molecule has 4 rings (SSSR count). The maximum absolute atomic E-state index is 12.8. The summed E-state index contributed by atoms with van der Waals surface area (Å²) in [6.07, 6.45) is 3.19. The Morgan fingerprint density at radius 3 is 2.29 bits per heavy atom. The third-order valence-corrected chi connectivity index (χ3v) is 6.11. The molecule has 0 aliphatic carbocycles. The van der Waals surface area contributed by atoms with Crippen LogP contribution in [0.3, 0.4) is 0 Å². The van der Waals surface area contributed by atoms with Crippen LogP contribution >= 0.6 is 0 Å². The molecular weight excluding hydrogens is 434 g/mol. The van der Waals surface area contributed by atoms with E-state index in [1.54, 1.807) is 24.3 Å². The van der Waals surface area contributed by atoms with Gasteiger partial charge in [0.1, 0.15) is 5.75 Å². The Morgan fingerprint density at radius 2 is 1.60 bits per heavy atom. The van der Waals surface area contributed by atoms with Gasteiger partial charge in [-0.2, -0.15) is 0 Å². The molecule has 0 saturated heterocycles. The van der Waals surface area contributed by atoms with Crippen LogP contribution in [0, 0.1) is 0 Å². The van der Waals surface area contributed by atoms with Crippen LogP contribution in [0.25, 0.3) is 11.1 Å². The first-order chi connectivity index (χ1) is 17.0. The molecule has 3 aromatic carbocycles. The number of nitrogens with one attached hydrogen (secondary N) is 1. The third kappa shape index (κ3) is 6.63. The summed E-state index contributed by atoms with van der Waals surface area (Å²) < 4.78 is 0. The highest BCUT2D eigenvalue weighted by atomic mass is 16.3. The molecule has 0 saturated carbocycles. The fraction of sp³-hybridized carbons (Fsp3) is 0.200. The largest absolute Gasteiger partial charge is 0.508 e. The fourth-order valence-electron chi connectivity index (χ4n) is 4.14. The zero-order valence-corrected chi connectivity index (χ0v) is 19.9. The van der Waals surface area contributed by atoms with E-state index in [2.05, 4.69) is 47.8 Å². The first-order valence-electron chi connectivity index (χ1n) is 11.8. The van der Waals surface area contributed by atoms with Crippen LogP contribution in [0.1, 0.15) is 27.9 Å². The van der Waals surface area contributed by atoms with Gasteiger partial charge in [0.15, 0.2) is 5.78 Å². The van der Waals surface area contributed by atoms with E-state index in [9.17, 15) is 9.90 Å². The zero-order valence-electron chi connectivity index (χ0n) is 19.9. The molecule has 1 heterocycles. The van der Waals surface area contributed by atoms with E-state index in [1.165, 1.54) is 11.1 Å². The van der Waals surface area contributed by atoms with Gasteiger partial charge in [-0.15, -0.1) is 0 Å². The maximum Gasteiger partial charge on any atom is 0.154 e. The number of carbonyl (C=O) groups excluding carboxylic acids is 1. The molecule has 0 fully saturated rings. The number of benzene rings is 3. The molecule has 5 nitrogen and oxygen atoms in total. The first kappa shape index (κ1) is 24.3. The molecule has 35 heavy (non-hydrogen) atoms. The summed E-state index contributed by atoms with van der Waals surface area (Å²) >= 11 is 0. The molecule has 0 radical (unpaired) electrons. The molecule has 0 aliphatic rings. The predicted octanol–water partition coefficient (Wildman–Crippen LogP) is 4.45. The van der Waals surface area contributed by atoms with Crippen molar-refractivity contribution in [2.24, 2.45) is 5.73 Å². The number of nitrogens with two attached hydrogens (primary N) is 1. The number of rotatable bonds is 10. The number of hydrogen-bond donors (Lipinski definition) is 3. The second-order valence-electron chi connectivity index (χ2n) is 8.84. The normalized spacial score (nSPS) is 11.8. The molecule has 178 valence electrons. The van der Waals surface area contributed by atoms with Crippen LogP contribution in [0.4, 0.5) is 0 Å². The number of hydrogen-bond acceptors (Lipinski definition) is 5. The van der Waals surface area contributed by atoms with Crippen molar-refractivity contribution in [1.82, 2.24) is 10.3 Å². The molecule has 5 heteroatoms. The molecule has 4 aromatic rings. The summed E-state index contributed by atoms with van der Waals surface area (Å²) in [7, 11) is 1.94. The van der Waals surface area contributed by atoms with E-state index < -0.39 is 6.04 Å². The average molecular weight is 466 g/mol. The molecule has 4 N–H and O–H groups in total. The van der Waals surface area contributed by atoms with Crippen molar-refractivity contribution >= 4 is 5.78 Å². The van der Waals surface area contributed by atoms with E-state index in [4.69, 9.17) is 10.7 Å². The summed E-state index contributed by atoms with van der Waals surface area (Å²) in [5.41, 5.74) is 13.6. The fourth-order valence-corrected chi connectivity index (χ4v) is 4.14. The van der Waals surface area contributed by atoms with Gasteiger partial charge in [0.05, 0.1) is 6.04 Å².